The van der Waals surface area contributed by atoms with Gasteiger partial charge in [0.15, 0.2) is 0 Å². The van der Waals surface area contributed by atoms with E-state index < -0.39 is 5.97 Å². The second-order valence-corrected chi connectivity index (χ2v) is 2.69. The minimum Gasteiger partial charge on any atom is -0.459 e. The maximum Gasteiger partial charge on any atom is 0.348 e. The Labute approximate surface area is 84.1 Å². The van der Waals surface area contributed by atoms with E-state index in [9.17, 15) is 4.79 Å². The van der Waals surface area contributed by atoms with Crippen molar-refractivity contribution in [3.05, 3.63) is 12.2 Å². The average Bonchev–Trinajstić information content (AvgIpc) is 2.21. The zero-order valence-electron chi connectivity index (χ0n) is 8.41. The highest BCUT2D eigenvalue weighted by Gasteiger charge is 2.06. The highest BCUT2D eigenvalue weighted by molar-refractivity contribution is 5.91. The molecule has 0 radical (unpaired) electrons. The normalized spacial score (nSPS) is 9.14. The van der Waals surface area contributed by atoms with Crippen molar-refractivity contribution in [1.82, 2.24) is 0 Å². The minimum absolute atomic E-state index is 0.170. The topological polar surface area (TPSA) is 59.3 Å². The number of esters is 1. The van der Waals surface area contributed by atoms with E-state index in [2.05, 4.69) is 18.2 Å². The van der Waals surface area contributed by atoms with Crippen molar-refractivity contribution in [3.63, 3.8) is 0 Å². The molecule has 0 aliphatic carbocycles. The highest BCUT2D eigenvalue weighted by atomic mass is 16.6. The summed E-state index contributed by atoms with van der Waals surface area (Å²) < 4.78 is 9.84. The summed E-state index contributed by atoms with van der Waals surface area (Å²) in [6, 6.07) is 1.62. The largest absolute Gasteiger partial charge is 0.459 e. The molecule has 4 heteroatoms. The molecule has 0 amide bonds. The van der Waals surface area contributed by atoms with Crippen LogP contribution in [0.1, 0.15) is 19.8 Å². The molecule has 0 aromatic carbocycles. The second-order valence-electron chi connectivity index (χ2n) is 2.69. The first-order valence-electron chi connectivity index (χ1n) is 4.56. The Morgan fingerprint density at radius 1 is 1.43 bits per heavy atom. The Morgan fingerprint density at radius 3 is 2.71 bits per heavy atom. The fourth-order valence-electron chi connectivity index (χ4n) is 0.675. The van der Waals surface area contributed by atoms with Gasteiger partial charge < -0.3 is 9.47 Å². The van der Waals surface area contributed by atoms with Crippen molar-refractivity contribution in [2.45, 2.75) is 19.8 Å². The number of unbranched alkanes of at least 4 members (excludes halogenated alkanes) is 1. The fraction of sp³-hybridized carbons (Fsp3) is 0.600. The third kappa shape index (κ3) is 6.21. The minimum atomic E-state index is -0.674. The van der Waals surface area contributed by atoms with E-state index in [4.69, 9.17) is 10.00 Å². The molecule has 0 atom stereocenters. The van der Waals surface area contributed by atoms with E-state index in [1.54, 1.807) is 6.07 Å². The van der Waals surface area contributed by atoms with Crippen LogP contribution in [0.2, 0.25) is 0 Å². The maximum atomic E-state index is 10.9. The van der Waals surface area contributed by atoms with Gasteiger partial charge in [-0.05, 0) is 6.42 Å². The van der Waals surface area contributed by atoms with E-state index in [1.165, 1.54) is 0 Å². The number of nitrogens with zero attached hydrogens (tertiary/aromatic N) is 1. The molecule has 0 spiro atoms. The standard InChI is InChI=1S/C10H15NO3/c1-3-4-5-13-6-7-14-10(12)9(2)8-11/h2-7H2,1H3. The fourth-order valence-corrected chi connectivity index (χ4v) is 0.675. The van der Waals surface area contributed by atoms with Gasteiger partial charge >= 0.3 is 5.97 Å². The van der Waals surface area contributed by atoms with Crippen LogP contribution < -0.4 is 0 Å². The monoisotopic (exact) mass is 197 g/mol. The first-order chi connectivity index (χ1) is 6.72. The van der Waals surface area contributed by atoms with Crippen LogP contribution in [0.25, 0.3) is 0 Å². The highest BCUT2D eigenvalue weighted by Crippen LogP contribution is 1.92. The van der Waals surface area contributed by atoms with E-state index in [0.29, 0.717) is 13.2 Å². The van der Waals surface area contributed by atoms with Gasteiger partial charge in [0.1, 0.15) is 18.2 Å². The molecular weight excluding hydrogens is 182 g/mol. The van der Waals surface area contributed by atoms with Gasteiger partial charge in [0.25, 0.3) is 0 Å². The number of ether oxygens (including phenoxy) is 2. The van der Waals surface area contributed by atoms with Crippen LogP contribution in [0.5, 0.6) is 0 Å². The molecule has 14 heavy (non-hydrogen) atoms. The van der Waals surface area contributed by atoms with Crippen LogP contribution in [0.4, 0.5) is 0 Å². The number of carbonyl (C=O) groups is 1. The van der Waals surface area contributed by atoms with Gasteiger partial charge in [0, 0.05) is 6.61 Å². The molecule has 0 saturated heterocycles. The van der Waals surface area contributed by atoms with Gasteiger partial charge in [0.05, 0.1) is 6.61 Å². The van der Waals surface area contributed by atoms with Crippen LogP contribution in [0, 0.1) is 11.3 Å². The molecule has 4 nitrogen and oxygen atoms in total. The van der Waals surface area contributed by atoms with Crippen LogP contribution in [-0.4, -0.2) is 25.8 Å². The predicted octanol–water partition coefficient (Wildman–Crippen LogP) is 1.43. The maximum absolute atomic E-state index is 10.9. The van der Waals surface area contributed by atoms with Gasteiger partial charge in [-0.2, -0.15) is 5.26 Å². The van der Waals surface area contributed by atoms with Crippen LogP contribution >= 0.6 is 0 Å². The average molecular weight is 197 g/mol. The first kappa shape index (κ1) is 12.7. The smallest absolute Gasteiger partial charge is 0.348 e. The van der Waals surface area contributed by atoms with E-state index in [1.807, 2.05) is 0 Å². The molecule has 78 valence electrons. The number of rotatable bonds is 7. The lowest BCUT2D eigenvalue weighted by Gasteiger charge is -2.04. The second kappa shape index (κ2) is 8.27. The molecule has 0 unspecified atom stereocenters. The molecule has 0 aromatic rings. The SMILES string of the molecule is C=C(C#N)C(=O)OCCOCCCC. The van der Waals surface area contributed by atoms with Crippen molar-refractivity contribution in [1.29, 1.82) is 5.26 Å². The number of carbonyl (C=O) groups excluding carboxylic acids is 1. The number of hydrogen-bond donors (Lipinski definition) is 0. The van der Waals surface area contributed by atoms with Crippen molar-refractivity contribution in [3.8, 4) is 6.07 Å². The van der Waals surface area contributed by atoms with Gasteiger partial charge in [-0.15, -0.1) is 0 Å². The molecule has 0 bridgehead atoms. The Hall–Kier alpha value is -1.34. The quantitative estimate of drug-likeness (QED) is 0.268. The Morgan fingerprint density at radius 2 is 2.14 bits per heavy atom. The van der Waals surface area contributed by atoms with Gasteiger partial charge in [-0.1, -0.05) is 19.9 Å². The summed E-state index contributed by atoms with van der Waals surface area (Å²) in [5, 5.41) is 8.30. The molecule has 0 fully saturated rings. The van der Waals surface area contributed by atoms with Crippen LogP contribution in [0.15, 0.2) is 12.2 Å². The zero-order valence-corrected chi connectivity index (χ0v) is 8.41. The third-order valence-electron chi connectivity index (χ3n) is 1.48. The molecule has 0 saturated carbocycles. The summed E-state index contributed by atoms with van der Waals surface area (Å²) in [6.45, 7) is 6.50. The van der Waals surface area contributed by atoms with Gasteiger partial charge in [-0.25, -0.2) is 4.79 Å². The summed E-state index contributed by atoms with van der Waals surface area (Å²) in [4.78, 5) is 10.9. The van der Waals surface area contributed by atoms with Gasteiger partial charge in [-0.3, -0.25) is 0 Å². The summed E-state index contributed by atoms with van der Waals surface area (Å²) in [6.07, 6.45) is 2.07. The third-order valence-corrected chi connectivity index (χ3v) is 1.48. The summed E-state index contributed by atoms with van der Waals surface area (Å²) in [5.41, 5.74) is -0.182. The Kier molecular flexibility index (Phi) is 7.48. The van der Waals surface area contributed by atoms with E-state index in [0.717, 1.165) is 12.8 Å². The van der Waals surface area contributed by atoms with Crippen molar-refractivity contribution < 1.29 is 14.3 Å². The number of hydrogen-bond acceptors (Lipinski definition) is 4. The zero-order chi connectivity index (χ0) is 10.8. The Bertz CT molecular complexity index is 230. The predicted molar refractivity (Wildman–Crippen MR) is 51.4 cm³/mol. The lowest BCUT2D eigenvalue weighted by molar-refractivity contribution is -0.140. The summed E-state index contributed by atoms with van der Waals surface area (Å²) >= 11 is 0. The molecule has 0 aliphatic rings. The molecule has 0 aliphatic heterocycles. The molecule has 0 heterocycles. The van der Waals surface area contributed by atoms with Crippen molar-refractivity contribution in [2.75, 3.05) is 19.8 Å². The Balaban J connectivity index is 3.33. The van der Waals surface area contributed by atoms with Crippen molar-refractivity contribution in [2.24, 2.45) is 0 Å². The van der Waals surface area contributed by atoms with E-state index in [-0.39, 0.29) is 12.2 Å². The summed E-state index contributed by atoms with van der Waals surface area (Å²) in [7, 11) is 0. The molecule has 0 aromatic heterocycles. The molecule has 0 rings (SSSR count). The lowest BCUT2D eigenvalue weighted by Crippen LogP contribution is -2.11. The molecule has 0 N–H and O–H groups in total. The summed E-state index contributed by atoms with van der Waals surface area (Å²) in [5.74, 6) is -0.674. The number of nitriles is 1. The van der Waals surface area contributed by atoms with Crippen LogP contribution in [0.3, 0.4) is 0 Å². The van der Waals surface area contributed by atoms with Gasteiger partial charge in [0.2, 0.25) is 0 Å². The first-order valence-corrected chi connectivity index (χ1v) is 4.56. The lowest BCUT2D eigenvalue weighted by atomic mass is 10.3. The van der Waals surface area contributed by atoms with E-state index >= 15 is 0 Å². The van der Waals surface area contributed by atoms with Crippen molar-refractivity contribution >= 4 is 5.97 Å². The molecular formula is C10H15NO3. The van der Waals surface area contributed by atoms with Crippen LogP contribution in [-0.2, 0) is 14.3 Å².